The number of pyridine rings is 2. The third-order valence-corrected chi connectivity index (χ3v) is 3.99. The van der Waals surface area contributed by atoms with Gasteiger partial charge < -0.3 is 10.6 Å². The first kappa shape index (κ1) is 15.3. The molecule has 120 valence electrons. The van der Waals surface area contributed by atoms with Crippen molar-refractivity contribution in [1.29, 1.82) is 0 Å². The monoisotopic (exact) mass is 311 g/mol. The van der Waals surface area contributed by atoms with Gasteiger partial charge in [-0.15, -0.1) is 0 Å². The smallest absolute Gasteiger partial charge is 0.320 e. The number of hydrogen-bond donors (Lipinski definition) is 3. The zero-order valence-corrected chi connectivity index (χ0v) is 12.9. The number of carbonyl (C=O) groups excluding carboxylic acids is 1. The molecule has 0 spiro atoms. The standard InChI is InChI=1S/C17H21N5O/c23-17(22-16-6-2-4-12-19-16)21-14-9-7-13(8-10-14)20-15-5-1-3-11-18-15/h1-6,11-14H,7-10H2,(H,18,20)(H2,19,21,22,23). The molecule has 0 atom stereocenters. The molecule has 1 aliphatic carbocycles. The predicted octanol–water partition coefficient (Wildman–Crippen LogP) is 3.02. The van der Waals surface area contributed by atoms with Gasteiger partial charge in [0.05, 0.1) is 0 Å². The van der Waals surface area contributed by atoms with Crippen LogP contribution in [0.15, 0.2) is 48.8 Å². The number of nitrogens with zero attached hydrogens (tertiary/aromatic N) is 2. The first-order valence-corrected chi connectivity index (χ1v) is 7.96. The van der Waals surface area contributed by atoms with Crippen LogP contribution in [0.25, 0.3) is 0 Å². The first-order valence-electron chi connectivity index (χ1n) is 7.96. The fourth-order valence-corrected chi connectivity index (χ4v) is 2.81. The van der Waals surface area contributed by atoms with Gasteiger partial charge in [-0.1, -0.05) is 12.1 Å². The van der Waals surface area contributed by atoms with E-state index in [9.17, 15) is 4.79 Å². The number of urea groups is 1. The lowest BCUT2D eigenvalue weighted by Gasteiger charge is -2.29. The minimum absolute atomic E-state index is 0.190. The Kier molecular flexibility index (Phi) is 5.03. The van der Waals surface area contributed by atoms with E-state index in [0.29, 0.717) is 11.9 Å². The van der Waals surface area contributed by atoms with Crippen LogP contribution in [0.4, 0.5) is 16.4 Å². The molecule has 6 nitrogen and oxygen atoms in total. The second-order valence-electron chi connectivity index (χ2n) is 5.72. The molecule has 2 heterocycles. The van der Waals surface area contributed by atoms with Gasteiger partial charge in [0, 0.05) is 24.5 Å². The molecule has 6 heteroatoms. The molecular formula is C17H21N5O. The van der Waals surface area contributed by atoms with Crippen molar-refractivity contribution in [2.75, 3.05) is 10.6 Å². The van der Waals surface area contributed by atoms with Gasteiger partial charge in [0.25, 0.3) is 0 Å². The van der Waals surface area contributed by atoms with E-state index in [2.05, 4.69) is 25.9 Å². The molecule has 23 heavy (non-hydrogen) atoms. The summed E-state index contributed by atoms with van der Waals surface area (Å²) < 4.78 is 0. The van der Waals surface area contributed by atoms with E-state index in [1.54, 1.807) is 18.5 Å². The lowest BCUT2D eigenvalue weighted by molar-refractivity contribution is 0.243. The van der Waals surface area contributed by atoms with Crippen LogP contribution in [0.5, 0.6) is 0 Å². The van der Waals surface area contributed by atoms with E-state index in [4.69, 9.17) is 0 Å². The minimum atomic E-state index is -0.190. The van der Waals surface area contributed by atoms with Gasteiger partial charge in [-0.05, 0) is 49.9 Å². The zero-order valence-electron chi connectivity index (χ0n) is 12.9. The van der Waals surface area contributed by atoms with Crippen LogP contribution in [-0.2, 0) is 0 Å². The van der Waals surface area contributed by atoms with Gasteiger partial charge in [-0.25, -0.2) is 14.8 Å². The van der Waals surface area contributed by atoms with Crippen molar-refractivity contribution in [3.8, 4) is 0 Å². The van der Waals surface area contributed by atoms with Crippen molar-refractivity contribution >= 4 is 17.7 Å². The summed E-state index contributed by atoms with van der Waals surface area (Å²) >= 11 is 0. The molecule has 0 unspecified atom stereocenters. The highest BCUT2D eigenvalue weighted by Crippen LogP contribution is 2.21. The summed E-state index contributed by atoms with van der Waals surface area (Å²) in [6.45, 7) is 0. The molecule has 0 saturated heterocycles. The normalized spacial score (nSPS) is 20.5. The average Bonchev–Trinajstić information content (AvgIpc) is 2.58. The molecule has 3 rings (SSSR count). The quantitative estimate of drug-likeness (QED) is 0.811. The number of anilines is 2. The van der Waals surface area contributed by atoms with E-state index in [1.807, 2.05) is 30.3 Å². The first-order chi connectivity index (χ1) is 11.3. The molecule has 0 bridgehead atoms. The Hall–Kier alpha value is -2.63. The van der Waals surface area contributed by atoms with E-state index < -0.39 is 0 Å². The number of amides is 2. The van der Waals surface area contributed by atoms with E-state index in [-0.39, 0.29) is 12.1 Å². The predicted molar refractivity (Wildman–Crippen MR) is 90.3 cm³/mol. The van der Waals surface area contributed by atoms with Gasteiger partial charge in [0.1, 0.15) is 11.6 Å². The maximum Gasteiger partial charge on any atom is 0.320 e. The summed E-state index contributed by atoms with van der Waals surface area (Å²) in [5, 5.41) is 9.22. The molecule has 0 radical (unpaired) electrons. The molecule has 3 N–H and O–H groups in total. The highest BCUT2D eigenvalue weighted by Gasteiger charge is 2.22. The summed E-state index contributed by atoms with van der Waals surface area (Å²) in [4.78, 5) is 20.3. The van der Waals surface area contributed by atoms with Crippen molar-refractivity contribution in [1.82, 2.24) is 15.3 Å². The van der Waals surface area contributed by atoms with Crippen molar-refractivity contribution in [3.05, 3.63) is 48.8 Å². The SMILES string of the molecule is O=C(Nc1ccccn1)NC1CCC(Nc2ccccn2)CC1. The van der Waals surface area contributed by atoms with E-state index >= 15 is 0 Å². The van der Waals surface area contributed by atoms with Crippen LogP contribution in [-0.4, -0.2) is 28.1 Å². The molecule has 2 aromatic heterocycles. The zero-order chi connectivity index (χ0) is 15.9. The number of carbonyl (C=O) groups is 1. The molecular weight excluding hydrogens is 290 g/mol. The van der Waals surface area contributed by atoms with Crippen LogP contribution >= 0.6 is 0 Å². The highest BCUT2D eigenvalue weighted by molar-refractivity contribution is 5.88. The Morgan fingerprint density at radius 3 is 2.09 bits per heavy atom. The highest BCUT2D eigenvalue weighted by atomic mass is 16.2. The molecule has 0 aromatic carbocycles. The van der Waals surface area contributed by atoms with Crippen molar-refractivity contribution in [2.24, 2.45) is 0 Å². The number of rotatable bonds is 4. The Labute approximate surface area is 135 Å². The van der Waals surface area contributed by atoms with Crippen LogP contribution in [0.3, 0.4) is 0 Å². The second-order valence-corrected chi connectivity index (χ2v) is 5.72. The fourth-order valence-electron chi connectivity index (χ4n) is 2.81. The molecule has 1 fully saturated rings. The summed E-state index contributed by atoms with van der Waals surface area (Å²) in [6, 6.07) is 11.7. The van der Waals surface area contributed by atoms with Crippen LogP contribution < -0.4 is 16.0 Å². The number of nitrogens with one attached hydrogen (secondary N) is 3. The number of hydrogen-bond acceptors (Lipinski definition) is 4. The molecule has 2 amide bonds. The molecule has 1 saturated carbocycles. The molecule has 1 aliphatic rings. The summed E-state index contributed by atoms with van der Waals surface area (Å²) in [6.07, 6.45) is 7.40. The maximum absolute atomic E-state index is 12.0. The van der Waals surface area contributed by atoms with E-state index in [0.717, 1.165) is 31.5 Å². The minimum Gasteiger partial charge on any atom is -0.367 e. The van der Waals surface area contributed by atoms with Crippen LogP contribution in [0.1, 0.15) is 25.7 Å². The Bertz CT molecular complexity index is 611. The summed E-state index contributed by atoms with van der Waals surface area (Å²) in [5.74, 6) is 1.48. The summed E-state index contributed by atoms with van der Waals surface area (Å²) in [5.41, 5.74) is 0. The van der Waals surface area contributed by atoms with E-state index in [1.165, 1.54) is 0 Å². The third-order valence-electron chi connectivity index (χ3n) is 3.99. The molecule has 0 aliphatic heterocycles. The lowest BCUT2D eigenvalue weighted by atomic mass is 9.91. The second kappa shape index (κ2) is 7.58. The van der Waals surface area contributed by atoms with Gasteiger partial charge in [0.2, 0.25) is 0 Å². The van der Waals surface area contributed by atoms with Crippen LogP contribution in [0.2, 0.25) is 0 Å². The Morgan fingerprint density at radius 1 is 0.870 bits per heavy atom. The Balaban J connectivity index is 1.41. The summed E-state index contributed by atoms with van der Waals surface area (Å²) in [7, 11) is 0. The average molecular weight is 311 g/mol. The van der Waals surface area contributed by atoms with Crippen molar-refractivity contribution in [3.63, 3.8) is 0 Å². The van der Waals surface area contributed by atoms with Crippen molar-refractivity contribution in [2.45, 2.75) is 37.8 Å². The maximum atomic E-state index is 12.0. The van der Waals surface area contributed by atoms with Gasteiger partial charge in [-0.2, -0.15) is 0 Å². The van der Waals surface area contributed by atoms with Crippen LogP contribution in [0, 0.1) is 0 Å². The topological polar surface area (TPSA) is 78.9 Å². The van der Waals surface area contributed by atoms with Gasteiger partial charge in [0.15, 0.2) is 0 Å². The Morgan fingerprint density at radius 2 is 1.48 bits per heavy atom. The van der Waals surface area contributed by atoms with Gasteiger partial charge in [-0.3, -0.25) is 5.32 Å². The lowest BCUT2D eigenvalue weighted by Crippen LogP contribution is -2.42. The third kappa shape index (κ3) is 4.67. The van der Waals surface area contributed by atoms with Crippen molar-refractivity contribution < 1.29 is 4.79 Å². The van der Waals surface area contributed by atoms with Gasteiger partial charge >= 0.3 is 6.03 Å². The fraction of sp³-hybridized carbons (Fsp3) is 0.353. The number of aromatic nitrogens is 2. The largest absolute Gasteiger partial charge is 0.367 e. The molecule has 2 aromatic rings.